The summed E-state index contributed by atoms with van der Waals surface area (Å²) in [7, 11) is 1.73. The van der Waals surface area contributed by atoms with Crippen molar-refractivity contribution in [2.24, 2.45) is 7.05 Å². The predicted molar refractivity (Wildman–Crippen MR) is 59.4 cm³/mol. The summed E-state index contributed by atoms with van der Waals surface area (Å²) >= 11 is 0. The predicted octanol–water partition coefficient (Wildman–Crippen LogP) is 0.665. The number of aliphatic carboxylic acids is 2. The number of aromatic nitrogens is 2. The van der Waals surface area contributed by atoms with Crippen molar-refractivity contribution in [3.8, 4) is 0 Å². The second kappa shape index (κ2) is 5.69. The van der Waals surface area contributed by atoms with Crippen LogP contribution in [0.5, 0.6) is 0 Å². The Morgan fingerprint density at radius 1 is 1.47 bits per heavy atom. The molecule has 0 saturated carbocycles. The molecule has 0 aliphatic carbocycles. The van der Waals surface area contributed by atoms with E-state index in [0.29, 0.717) is 5.82 Å². The smallest absolute Gasteiger partial charge is 0.333 e. The Morgan fingerprint density at radius 2 is 2.18 bits per heavy atom. The summed E-state index contributed by atoms with van der Waals surface area (Å²) in [5, 5.41) is 24.0. The summed E-state index contributed by atoms with van der Waals surface area (Å²) in [4.78, 5) is 21.2. The molecule has 0 saturated heterocycles. The Balaban J connectivity index is 2.63. The zero-order valence-electron chi connectivity index (χ0n) is 9.25. The van der Waals surface area contributed by atoms with Gasteiger partial charge in [0.2, 0.25) is 0 Å². The molecular formula is C10H13N3O4. The van der Waals surface area contributed by atoms with Gasteiger partial charge in [0.25, 0.3) is 0 Å². The lowest BCUT2D eigenvalue weighted by Gasteiger charge is -2.01. The van der Waals surface area contributed by atoms with E-state index < -0.39 is 11.9 Å². The van der Waals surface area contributed by atoms with Crippen LogP contribution in [0.1, 0.15) is 12.8 Å². The summed E-state index contributed by atoms with van der Waals surface area (Å²) in [6, 6.07) is 1.67. The SMILES string of the molecule is Cn1ccc(NC=C(CCC(=O)O)C(=O)O)n1. The van der Waals surface area contributed by atoms with Crippen LogP contribution in [0.4, 0.5) is 5.82 Å². The Kier molecular flexibility index (Phi) is 4.27. The van der Waals surface area contributed by atoms with Gasteiger partial charge in [0.15, 0.2) is 5.82 Å². The molecule has 7 heteroatoms. The van der Waals surface area contributed by atoms with Crippen molar-refractivity contribution < 1.29 is 19.8 Å². The maximum Gasteiger partial charge on any atom is 0.333 e. The zero-order valence-corrected chi connectivity index (χ0v) is 9.25. The summed E-state index contributed by atoms with van der Waals surface area (Å²) in [6.45, 7) is 0. The van der Waals surface area contributed by atoms with Crippen molar-refractivity contribution in [3.05, 3.63) is 24.0 Å². The lowest BCUT2D eigenvalue weighted by Crippen LogP contribution is -2.06. The van der Waals surface area contributed by atoms with E-state index in [4.69, 9.17) is 10.2 Å². The fraction of sp³-hybridized carbons (Fsp3) is 0.300. The maximum absolute atomic E-state index is 10.8. The number of nitrogens with zero attached hydrogens (tertiary/aromatic N) is 2. The average Bonchev–Trinajstić information content (AvgIpc) is 2.63. The number of nitrogens with one attached hydrogen (secondary N) is 1. The lowest BCUT2D eigenvalue weighted by atomic mass is 10.1. The number of hydrogen-bond acceptors (Lipinski definition) is 4. The van der Waals surface area contributed by atoms with Crippen molar-refractivity contribution in [2.45, 2.75) is 12.8 Å². The summed E-state index contributed by atoms with van der Waals surface area (Å²) in [6.07, 6.45) is 2.70. The largest absolute Gasteiger partial charge is 0.481 e. The summed E-state index contributed by atoms with van der Waals surface area (Å²) < 4.78 is 1.56. The Bertz CT molecular complexity index is 450. The second-order valence-corrected chi connectivity index (χ2v) is 3.39. The van der Waals surface area contributed by atoms with Crippen molar-refractivity contribution in [1.29, 1.82) is 0 Å². The number of anilines is 1. The number of carboxylic acid groups (broad SMARTS) is 2. The van der Waals surface area contributed by atoms with Crippen LogP contribution in [-0.4, -0.2) is 31.9 Å². The molecule has 3 N–H and O–H groups in total. The molecule has 0 aliphatic heterocycles. The van der Waals surface area contributed by atoms with Gasteiger partial charge in [-0.05, 0) is 6.42 Å². The molecule has 0 unspecified atom stereocenters. The fourth-order valence-electron chi connectivity index (χ4n) is 1.14. The van der Waals surface area contributed by atoms with E-state index in [1.54, 1.807) is 24.0 Å². The maximum atomic E-state index is 10.8. The molecule has 1 aromatic heterocycles. The number of carboxylic acids is 2. The molecule has 0 radical (unpaired) electrons. The highest BCUT2D eigenvalue weighted by atomic mass is 16.4. The third-order valence-electron chi connectivity index (χ3n) is 1.99. The van der Waals surface area contributed by atoms with Crippen LogP contribution < -0.4 is 5.32 Å². The van der Waals surface area contributed by atoms with E-state index >= 15 is 0 Å². The van der Waals surface area contributed by atoms with Crippen molar-refractivity contribution in [1.82, 2.24) is 9.78 Å². The van der Waals surface area contributed by atoms with Crippen LogP contribution in [0.2, 0.25) is 0 Å². The first-order chi connectivity index (χ1) is 7.99. The van der Waals surface area contributed by atoms with Crippen LogP contribution >= 0.6 is 0 Å². The van der Waals surface area contributed by atoms with E-state index in [-0.39, 0.29) is 18.4 Å². The molecule has 92 valence electrons. The van der Waals surface area contributed by atoms with Gasteiger partial charge in [-0.25, -0.2) is 4.79 Å². The molecule has 1 aromatic rings. The van der Waals surface area contributed by atoms with Gasteiger partial charge >= 0.3 is 11.9 Å². The number of aryl methyl sites for hydroxylation is 1. The molecule has 1 rings (SSSR count). The number of hydrogen-bond donors (Lipinski definition) is 3. The topological polar surface area (TPSA) is 104 Å². The quantitative estimate of drug-likeness (QED) is 0.630. The van der Waals surface area contributed by atoms with Gasteiger partial charge in [0.05, 0.1) is 5.57 Å². The monoisotopic (exact) mass is 239 g/mol. The zero-order chi connectivity index (χ0) is 12.8. The highest BCUT2D eigenvalue weighted by molar-refractivity contribution is 5.87. The first-order valence-corrected chi connectivity index (χ1v) is 4.89. The van der Waals surface area contributed by atoms with Crippen LogP contribution in [-0.2, 0) is 16.6 Å². The average molecular weight is 239 g/mol. The van der Waals surface area contributed by atoms with Gasteiger partial charge in [0.1, 0.15) is 0 Å². The minimum Gasteiger partial charge on any atom is -0.481 e. The third kappa shape index (κ3) is 4.37. The molecular weight excluding hydrogens is 226 g/mol. The van der Waals surface area contributed by atoms with Crippen LogP contribution in [0.3, 0.4) is 0 Å². The first-order valence-electron chi connectivity index (χ1n) is 4.89. The van der Waals surface area contributed by atoms with Crippen molar-refractivity contribution >= 4 is 17.8 Å². The van der Waals surface area contributed by atoms with Crippen LogP contribution in [0, 0.1) is 0 Å². The molecule has 17 heavy (non-hydrogen) atoms. The van der Waals surface area contributed by atoms with E-state index in [2.05, 4.69) is 10.4 Å². The molecule has 7 nitrogen and oxygen atoms in total. The molecule has 1 heterocycles. The molecule has 0 atom stereocenters. The Hall–Kier alpha value is -2.31. The standard InChI is InChI=1S/C10H13N3O4/c1-13-5-4-8(12-13)11-6-7(10(16)17)2-3-9(14)15/h4-6H,2-3H2,1H3,(H,11,12)(H,14,15)(H,16,17). The van der Waals surface area contributed by atoms with Gasteiger partial charge in [-0.1, -0.05) is 0 Å². The molecule has 0 bridgehead atoms. The molecule has 0 amide bonds. The minimum absolute atomic E-state index is 0.00180. The Labute approximate surface area is 97.4 Å². The normalized spacial score (nSPS) is 11.2. The van der Waals surface area contributed by atoms with Crippen LogP contribution in [0.15, 0.2) is 24.0 Å². The molecule has 0 fully saturated rings. The molecule has 0 aliphatic rings. The van der Waals surface area contributed by atoms with Gasteiger partial charge in [0, 0.05) is 31.9 Å². The molecule has 0 spiro atoms. The van der Waals surface area contributed by atoms with E-state index in [1.165, 1.54) is 6.20 Å². The Morgan fingerprint density at radius 3 is 2.65 bits per heavy atom. The fourth-order valence-corrected chi connectivity index (χ4v) is 1.14. The summed E-state index contributed by atoms with van der Waals surface area (Å²) in [5.74, 6) is -1.67. The molecule has 0 aromatic carbocycles. The first kappa shape index (κ1) is 12.8. The number of carbonyl (C=O) groups is 2. The van der Waals surface area contributed by atoms with Gasteiger partial charge in [-0.3, -0.25) is 9.48 Å². The highest BCUT2D eigenvalue weighted by Gasteiger charge is 2.09. The van der Waals surface area contributed by atoms with Gasteiger partial charge in [-0.15, -0.1) is 0 Å². The number of rotatable bonds is 6. The van der Waals surface area contributed by atoms with E-state index in [9.17, 15) is 9.59 Å². The van der Waals surface area contributed by atoms with E-state index in [0.717, 1.165) is 0 Å². The third-order valence-corrected chi connectivity index (χ3v) is 1.99. The van der Waals surface area contributed by atoms with Crippen molar-refractivity contribution in [2.75, 3.05) is 5.32 Å². The van der Waals surface area contributed by atoms with Gasteiger partial charge in [-0.2, -0.15) is 5.10 Å². The minimum atomic E-state index is -1.14. The van der Waals surface area contributed by atoms with Crippen molar-refractivity contribution in [3.63, 3.8) is 0 Å². The van der Waals surface area contributed by atoms with E-state index in [1.807, 2.05) is 0 Å². The summed E-state index contributed by atoms with van der Waals surface area (Å²) in [5.41, 5.74) is -0.00180. The van der Waals surface area contributed by atoms with Gasteiger partial charge < -0.3 is 15.5 Å². The lowest BCUT2D eigenvalue weighted by molar-refractivity contribution is -0.137. The van der Waals surface area contributed by atoms with Crippen LogP contribution in [0.25, 0.3) is 0 Å². The highest BCUT2D eigenvalue weighted by Crippen LogP contribution is 2.07. The second-order valence-electron chi connectivity index (χ2n) is 3.39.